The number of rotatable bonds is 4. The van der Waals surface area contributed by atoms with E-state index in [1.165, 1.54) is 0 Å². The van der Waals surface area contributed by atoms with E-state index in [0.29, 0.717) is 0 Å². The number of benzene rings is 2. The van der Waals surface area contributed by atoms with Crippen molar-refractivity contribution in [2.24, 2.45) is 0 Å². The molecule has 3 aromatic rings. The molecule has 4 rings (SSSR count). The number of aliphatic hydroxyl groups excluding tert-OH is 4. The van der Waals surface area contributed by atoms with Gasteiger partial charge in [0.25, 0.3) is 0 Å². The minimum Gasteiger partial charge on any atom is -0.507 e. The summed E-state index contributed by atoms with van der Waals surface area (Å²) in [5, 5.41) is 88.3. The third-order valence-corrected chi connectivity index (χ3v) is 5.36. The molecule has 34 heavy (non-hydrogen) atoms. The molecule has 0 amide bonds. The molecule has 0 unspecified atom stereocenters. The van der Waals surface area contributed by atoms with Crippen molar-refractivity contribution in [1.29, 1.82) is 0 Å². The number of hydrogen-bond acceptors (Lipinski definition) is 13. The average Bonchev–Trinajstić information content (AvgIpc) is 2.79. The summed E-state index contributed by atoms with van der Waals surface area (Å²) in [7, 11) is 0. The van der Waals surface area contributed by atoms with Crippen LogP contribution in [0.3, 0.4) is 0 Å². The largest absolute Gasteiger partial charge is 0.507 e. The Labute approximate surface area is 189 Å². The lowest BCUT2D eigenvalue weighted by Crippen LogP contribution is -2.60. The van der Waals surface area contributed by atoms with Crippen molar-refractivity contribution >= 4 is 11.0 Å². The Balaban J connectivity index is 1.78. The normalized spacial score (nSPS) is 24.9. The topological polar surface area (TPSA) is 231 Å². The maximum absolute atomic E-state index is 12.7. The van der Waals surface area contributed by atoms with Crippen molar-refractivity contribution < 1.29 is 59.8 Å². The van der Waals surface area contributed by atoms with E-state index in [1.54, 1.807) is 0 Å². The third kappa shape index (κ3) is 3.81. The zero-order valence-electron chi connectivity index (χ0n) is 17.1. The van der Waals surface area contributed by atoms with E-state index < -0.39 is 82.6 Å². The maximum Gasteiger partial charge on any atom is 0.238 e. The molecule has 2 heterocycles. The average molecular weight is 480 g/mol. The first-order valence-corrected chi connectivity index (χ1v) is 9.78. The summed E-state index contributed by atoms with van der Waals surface area (Å²) in [6.07, 6.45) is -7.94. The molecule has 1 fully saturated rings. The van der Waals surface area contributed by atoms with Gasteiger partial charge in [-0.15, -0.1) is 0 Å². The Morgan fingerprint density at radius 1 is 0.824 bits per heavy atom. The molecule has 0 bridgehead atoms. The van der Waals surface area contributed by atoms with Gasteiger partial charge >= 0.3 is 0 Å². The van der Waals surface area contributed by atoms with E-state index in [9.17, 15) is 50.8 Å². The highest BCUT2D eigenvalue weighted by Gasteiger charge is 2.44. The molecule has 13 heteroatoms. The van der Waals surface area contributed by atoms with Gasteiger partial charge < -0.3 is 59.8 Å². The van der Waals surface area contributed by atoms with Crippen LogP contribution in [0.1, 0.15) is 0 Å². The van der Waals surface area contributed by atoms with Crippen molar-refractivity contribution in [2.75, 3.05) is 6.61 Å². The van der Waals surface area contributed by atoms with Crippen molar-refractivity contribution in [2.45, 2.75) is 30.7 Å². The minimum atomic E-state index is -1.75. The zero-order chi connectivity index (χ0) is 24.9. The predicted molar refractivity (Wildman–Crippen MR) is 111 cm³/mol. The lowest BCUT2D eigenvalue weighted by molar-refractivity contribution is -0.277. The third-order valence-electron chi connectivity index (χ3n) is 5.36. The smallest absolute Gasteiger partial charge is 0.238 e. The molecule has 13 nitrogen and oxygen atoms in total. The molecule has 1 aliphatic rings. The highest BCUT2D eigenvalue weighted by atomic mass is 16.7. The number of ether oxygens (including phenoxy) is 2. The molecule has 0 spiro atoms. The van der Waals surface area contributed by atoms with Gasteiger partial charge in [0.1, 0.15) is 46.9 Å². The molecular weight excluding hydrogens is 460 g/mol. The minimum absolute atomic E-state index is 0.191. The van der Waals surface area contributed by atoms with Crippen LogP contribution in [0.4, 0.5) is 0 Å². The summed E-state index contributed by atoms with van der Waals surface area (Å²) in [5.41, 5.74) is -1.59. The zero-order valence-corrected chi connectivity index (χ0v) is 17.1. The summed E-state index contributed by atoms with van der Waals surface area (Å²) in [5.74, 6) is -4.77. The summed E-state index contributed by atoms with van der Waals surface area (Å²) in [6.45, 7) is -0.697. The summed E-state index contributed by atoms with van der Waals surface area (Å²) >= 11 is 0. The van der Waals surface area contributed by atoms with Crippen LogP contribution in [0.15, 0.2) is 33.5 Å². The molecule has 1 aliphatic heterocycles. The van der Waals surface area contributed by atoms with Crippen molar-refractivity contribution in [1.82, 2.24) is 0 Å². The SMILES string of the molecule is O=c1c(O)c(-c2cc(O)c(O)c(O)c2)oc2cc(O[C@@H]3O[C@H](CO)[C@@H](O)[C@H](O)[C@H]3O)cc(O)c12. The fourth-order valence-corrected chi connectivity index (χ4v) is 3.56. The Kier molecular flexibility index (Phi) is 5.89. The van der Waals surface area contributed by atoms with Gasteiger partial charge in [-0.3, -0.25) is 4.79 Å². The monoisotopic (exact) mass is 480 g/mol. The maximum atomic E-state index is 12.7. The Morgan fingerprint density at radius 3 is 2.09 bits per heavy atom. The van der Waals surface area contributed by atoms with Crippen molar-refractivity contribution in [3.63, 3.8) is 0 Å². The van der Waals surface area contributed by atoms with Gasteiger partial charge in [-0.2, -0.15) is 0 Å². The quantitative estimate of drug-likeness (QED) is 0.208. The van der Waals surface area contributed by atoms with Crippen LogP contribution in [0.5, 0.6) is 34.5 Å². The van der Waals surface area contributed by atoms with Gasteiger partial charge in [0.2, 0.25) is 17.5 Å². The molecule has 1 aromatic heterocycles. The van der Waals surface area contributed by atoms with Crippen LogP contribution >= 0.6 is 0 Å². The van der Waals surface area contributed by atoms with Crippen molar-refractivity contribution in [3.8, 4) is 45.8 Å². The lowest BCUT2D eigenvalue weighted by Gasteiger charge is -2.39. The van der Waals surface area contributed by atoms with Gasteiger partial charge in [0, 0.05) is 17.7 Å². The second-order valence-corrected chi connectivity index (χ2v) is 7.60. The van der Waals surface area contributed by atoms with Crippen LogP contribution in [-0.2, 0) is 4.74 Å². The molecule has 1 saturated heterocycles. The summed E-state index contributed by atoms with van der Waals surface area (Å²) < 4.78 is 16.2. The fraction of sp³-hybridized carbons (Fsp3) is 0.286. The van der Waals surface area contributed by atoms with E-state index in [2.05, 4.69) is 0 Å². The fourth-order valence-electron chi connectivity index (χ4n) is 3.56. The van der Waals surface area contributed by atoms with E-state index in [-0.39, 0.29) is 16.9 Å². The first-order chi connectivity index (χ1) is 16.0. The predicted octanol–water partition coefficient (Wildman–Crippen LogP) is -0.833. The number of fused-ring (bicyclic) bond motifs is 1. The second-order valence-electron chi connectivity index (χ2n) is 7.60. The van der Waals surface area contributed by atoms with E-state index in [1.807, 2.05) is 0 Å². The highest BCUT2D eigenvalue weighted by molar-refractivity contribution is 5.88. The molecular formula is C21H20O13. The molecule has 9 N–H and O–H groups in total. The Morgan fingerprint density at radius 2 is 1.47 bits per heavy atom. The molecule has 0 radical (unpaired) electrons. The molecule has 182 valence electrons. The molecule has 2 aromatic carbocycles. The van der Waals surface area contributed by atoms with E-state index in [0.717, 1.165) is 24.3 Å². The van der Waals surface area contributed by atoms with Gasteiger partial charge in [0.05, 0.1) is 6.61 Å². The number of aromatic hydroxyl groups is 5. The van der Waals surface area contributed by atoms with Gasteiger partial charge in [-0.25, -0.2) is 0 Å². The van der Waals surface area contributed by atoms with E-state index in [4.69, 9.17) is 13.9 Å². The van der Waals surface area contributed by atoms with Gasteiger partial charge in [0.15, 0.2) is 23.0 Å². The van der Waals surface area contributed by atoms with Crippen LogP contribution in [0.2, 0.25) is 0 Å². The van der Waals surface area contributed by atoms with Crippen LogP contribution < -0.4 is 10.2 Å². The number of phenolic OH excluding ortho intramolecular Hbond substituents is 4. The number of hydrogen-bond donors (Lipinski definition) is 9. The molecule has 0 aliphatic carbocycles. The first kappa shape index (κ1) is 23.4. The van der Waals surface area contributed by atoms with Crippen LogP contribution in [0.25, 0.3) is 22.3 Å². The van der Waals surface area contributed by atoms with Gasteiger partial charge in [-0.1, -0.05) is 0 Å². The standard InChI is InChI=1S/C21H20O13/c22-5-12-15(27)17(29)19(31)21(34-12)32-7-3-8(23)13-11(4-7)33-20(18(30)16(13)28)6-1-9(24)14(26)10(25)2-6/h1-4,12,15,17,19,21-27,29-31H,5H2/t12-,15-,17+,19-,21-/m1/s1. The van der Waals surface area contributed by atoms with Crippen molar-refractivity contribution in [3.05, 3.63) is 34.5 Å². The van der Waals surface area contributed by atoms with Gasteiger partial charge in [-0.05, 0) is 12.1 Å². The van der Waals surface area contributed by atoms with Crippen LogP contribution in [-0.4, -0.2) is 83.3 Å². The number of aliphatic hydroxyl groups is 4. The lowest BCUT2D eigenvalue weighted by atomic mass is 9.99. The van der Waals surface area contributed by atoms with E-state index >= 15 is 0 Å². The Hall–Kier alpha value is -3.75. The highest BCUT2D eigenvalue weighted by Crippen LogP contribution is 2.42. The summed E-state index contributed by atoms with van der Waals surface area (Å²) in [4.78, 5) is 12.7. The Bertz CT molecular complexity index is 1280. The molecule has 0 saturated carbocycles. The number of phenols is 4. The van der Waals surface area contributed by atoms with Crippen LogP contribution in [0, 0.1) is 0 Å². The summed E-state index contributed by atoms with van der Waals surface area (Å²) in [6, 6.07) is 3.85. The second kappa shape index (κ2) is 8.55. The first-order valence-electron chi connectivity index (χ1n) is 9.78. The molecule has 5 atom stereocenters.